The number of nitrogens with two attached hydrogens (primary N) is 1. The maximum Gasteiger partial charge on any atom is 0.381 e. The average Bonchev–Trinajstić information content (AvgIpc) is 2.02. The molecule has 0 heterocycles. The van der Waals surface area contributed by atoms with Gasteiger partial charge in [0.25, 0.3) is 0 Å². The van der Waals surface area contributed by atoms with Crippen LogP contribution in [0.3, 0.4) is 0 Å². The standard InChI is InChI=1S/C5H6O4.C4H9.CH3NO.2Zn/c1-3(6)5(8)9-4(2)7;1-4(2)3;2-1-3;;/h1-2H3;1-3H3;1H,(H2,2,3);;. The molecular weight excluding hydrogens is 345 g/mol. The van der Waals surface area contributed by atoms with Crippen molar-refractivity contribution in [3.05, 3.63) is 5.92 Å². The van der Waals surface area contributed by atoms with Crippen LogP contribution >= 0.6 is 0 Å². The number of Topliss-reactive ketones (excluding diaryl/α,β-unsaturated/α-hetero) is 1. The molecule has 0 saturated heterocycles. The van der Waals surface area contributed by atoms with Crippen molar-refractivity contribution in [2.24, 2.45) is 5.73 Å². The molecule has 0 bridgehead atoms. The molecule has 0 aliphatic heterocycles. The Bertz CT molecular complexity index is 242. The van der Waals surface area contributed by atoms with Crippen molar-refractivity contribution in [2.75, 3.05) is 0 Å². The monoisotopic (exact) mass is 360 g/mol. The van der Waals surface area contributed by atoms with Gasteiger partial charge in [0.2, 0.25) is 12.2 Å². The second-order valence-corrected chi connectivity index (χ2v) is 3.07. The summed E-state index contributed by atoms with van der Waals surface area (Å²) in [5.74, 6) is -1.23. The number of amides is 1. The van der Waals surface area contributed by atoms with E-state index in [1.165, 1.54) is 5.92 Å². The SMILES string of the molecule is CC(=O)OC(=O)C(C)=O.C[C](C)C.NC=O.[Zn].[Zn]. The van der Waals surface area contributed by atoms with Crippen LogP contribution in [0.15, 0.2) is 0 Å². The van der Waals surface area contributed by atoms with E-state index < -0.39 is 17.7 Å². The van der Waals surface area contributed by atoms with Crippen LogP contribution in [0.25, 0.3) is 0 Å². The normalized spacial score (nSPS) is 6.78. The number of rotatable bonds is 1. The Morgan fingerprint density at radius 3 is 1.22 bits per heavy atom. The van der Waals surface area contributed by atoms with Crippen LogP contribution in [0.5, 0.6) is 0 Å². The molecule has 8 heteroatoms. The van der Waals surface area contributed by atoms with Gasteiger partial charge in [0.05, 0.1) is 0 Å². The van der Waals surface area contributed by atoms with Crippen LogP contribution in [-0.2, 0) is 62.9 Å². The Labute approximate surface area is 133 Å². The molecule has 0 saturated carbocycles. The molecule has 0 aliphatic rings. The van der Waals surface area contributed by atoms with Gasteiger partial charge in [-0.2, -0.15) is 0 Å². The van der Waals surface area contributed by atoms with Gasteiger partial charge in [0.1, 0.15) is 0 Å². The zero-order valence-corrected chi connectivity index (χ0v) is 17.5. The number of carbonyl (C=O) groups is 4. The topological polar surface area (TPSA) is 104 Å². The zero-order chi connectivity index (χ0) is 13.7. The number of hydrogen-bond acceptors (Lipinski definition) is 5. The van der Waals surface area contributed by atoms with E-state index in [1.807, 2.05) is 0 Å². The molecule has 0 atom stereocenters. The maximum absolute atomic E-state index is 10.2. The van der Waals surface area contributed by atoms with E-state index in [9.17, 15) is 14.4 Å². The molecule has 97 valence electrons. The first-order valence-electron chi connectivity index (χ1n) is 4.34. The van der Waals surface area contributed by atoms with E-state index in [1.54, 1.807) is 0 Å². The predicted octanol–water partition coefficient (Wildman–Crippen LogP) is 0.382. The molecule has 0 spiro atoms. The summed E-state index contributed by atoms with van der Waals surface area (Å²) in [4.78, 5) is 38.8. The second kappa shape index (κ2) is 21.8. The van der Waals surface area contributed by atoms with Crippen LogP contribution in [0.1, 0.15) is 34.6 Å². The summed E-state index contributed by atoms with van der Waals surface area (Å²) in [6, 6.07) is 0. The van der Waals surface area contributed by atoms with Crippen molar-refractivity contribution in [1.29, 1.82) is 0 Å². The van der Waals surface area contributed by atoms with Crippen LogP contribution in [0, 0.1) is 5.92 Å². The van der Waals surface area contributed by atoms with E-state index >= 15 is 0 Å². The number of primary amides is 1. The van der Waals surface area contributed by atoms with Gasteiger partial charge in [-0.15, -0.1) is 0 Å². The predicted molar refractivity (Wildman–Crippen MR) is 58.0 cm³/mol. The van der Waals surface area contributed by atoms with Gasteiger partial charge in [-0.3, -0.25) is 14.4 Å². The van der Waals surface area contributed by atoms with Crippen LogP contribution in [0.2, 0.25) is 0 Å². The van der Waals surface area contributed by atoms with Crippen LogP contribution < -0.4 is 5.73 Å². The third-order valence-corrected chi connectivity index (χ3v) is 0.524. The fraction of sp³-hybridized carbons (Fsp3) is 0.500. The molecule has 0 unspecified atom stereocenters. The van der Waals surface area contributed by atoms with E-state index in [0.29, 0.717) is 0 Å². The minimum Gasteiger partial charge on any atom is -0.387 e. The van der Waals surface area contributed by atoms with Gasteiger partial charge < -0.3 is 10.5 Å². The van der Waals surface area contributed by atoms with Crippen molar-refractivity contribution in [2.45, 2.75) is 34.6 Å². The Hall–Kier alpha value is -0.473. The van der Waals surface area contributed by atoms with Crippen molar-refractivity contribution < 1.29 is 62.9 Å². The first kappa shape index (κ1) is 30.5. The summed E-state index contributed by atoms with van der Waals surface area (Å²) >= 11 is 0. The van der Waals surface area contributed by atoms with Gasteiger partial charge in [0, 0.05) is 52.8 Å². The number of hydrogen-bond donors (Lipinski definition) is 1. The molecule has 1 radical (unpaired) electrons. The molecule has 0 aromatic heterocycles. The summed E-state index contributed by atoms with van der Waals surface area (Å²) < 4.78 is 3.88. The van der Waals surface area contributed by atoms with Crippen molar-refractivity contribution >= 4 is 24.1 Å². The van der Waals surface area contributed by atoms with Gasteiger partial charge in [-0.25, -0.2) is 4.79 Å². The molecule has 1 amide bonds. The fourth-order valence-corrected chi connectivity index (χ4v) is 0.202. The van der Waals surface area contributed by atoms with Gasteiger partial charge in [-0.1, -0.05) is 20.8 Å². The Morgan fingerprint density at radius 2 is 1.17 bits per heavy atom. The molecule has 0 aromatic rings. The third kappa shape index (κ3) is 57.8. The Kier molecular flexibility index (Phi) is 36.9. The van der Waals surface area contributed by atoms with Crippen LogP contribution in [0.4, 0.5) is 0 Å². The summed E-state index contributed by atoms with van der Waals surface area (Å²) in [6.07, 6.45) is 0.250. The second-order valence-electron chi connectivity index (χ2n) is 3.07. The first-order valence-corrected chi connectivity index (χ1v) is 4.34. The largest absolute Gasteiger partial charge is 0.387 e. The van der Waals surface area contributed by atoms with Gasteiger partial charge in [-0.05, 0) is 5.92 Å². The number of carbonyl (C=O) groups excluding carboxylic acids is 4. The minimum atomic E-state index is -1.11. The molecule has 0 aromatic carbocycles. The molecule has 6 nitrogen and oxygen atoms in total. The van der Waals surface area contributed by atoms with E-state index in [4.69, 9.17) is 4.79 Å². The maximum atomic E-state index is 10.2. The summed E-state index contributed by atoms with van der Waals surface area (Å²) in [5, 5.41) is 0. The summed E-state index contributed by atoms with van der Waals surface area (Å²) in [5.41, 5.74) is 4.17. The minimum absolute atomic E-state index is 0. The molecule has 0 fully saturated rings. The van der Waals surface area contributed by atoms with E-state index in [-0.39, 0.29) is 45.4 Å². The van der Waals surface area contributed by atoms with Crippen molar-refractivity contribution in [3.63, 3.8) is 0 Å². The molecular formula is C10H18NO5Zn2. The number of esters is 2. The molecule has 0 rings (SSSR count). The number of ether oxygens (including phenoxy) is 1. The third-order valence-electron chi connectivity index (χ3n) is 0.524. The molecule has 18 heavy (non-hydrogen) atoms. The van der Waals surface area contributed by atoms with E-state index in [0.717, 1.165) is 13.8 Å². The zero-order valence-electron chi connectivity index (χ0n) is 11.6. The van der Waals surface area contributed by atoms with E-state index in [2.05, 4.69) is 31.2 Å². The fourth-order valence-electron chi connectivity index (χ4n) is 0.202. The van der Waals surface area contributed by atoms with Gasteiger partial charge in [0.15, 0.2) is 0 Å². The Morgan fingerprint density at radius 1 is 0.944 bits per heavy atom. The first-order chi connectivity index (χ1) is 7.18. The molecule has 0 aliphatic carbocycles. The smallest absolute Gasteiger partial charge is 0.381 e. The van der Waals surface area contributed by atoms with Crippen molar-refractivity contribution in [3.8, 4) is 0 Å². The Balaban J connectivity index is -0.0000000536. The summed E-state index contributed by atoms with van der Waals surface area (Å²) in [6.45, 7) is 8.34. The number of ketones is 1. The summed E-state index contributed by atoms with van der Waals surface area (Å²) in [7, 11) is 0. The molecule has 2 N–H and O–H groups in total. The van der Waals surface area contributed by atoms with Gasteiger partial charge >= 0.3 is 11.9 Å². The quantitative estimate of drug-likeness (QED) is 0.239. The van der Waals surface area contributed by atoms with Crippen molar-refractivity contribution in [1.82, 2.24) is 0 Å². The van der Waals surface area contributed by atoms with Crippen LogP contribution in [-0.4, -0.2) is 24.1 Å². The average molecular weight is 363 g/mol.